The fraction of sp³-hybridized carbons (Fsp3) is 0.714. The van der Waals surface area contributed by atoms with Gasteiger partial charge < -0.3 is 5.32 Å². The van der Waals surface area contributed by atoms with Crippen LogP contribution in [0.1, 0.15) is 42.5 Å². The standard InChI is InChI=1S/C14H21N3S2/c1-2-11-7-15-12(19-11)8-16-13-17-9-14(10-18-13)5-3-4-6-14/h7H,2-6,8-10H2,1H3,(H,16,17). The number of aromatic nitrogens is 1. The lowest BCUT2D eigenvalue weighted by Crippen LogP contribution is -2.33. The van der Waals surface area contributed by atoms with Crippen molar-refractivity contribution in [2.24, 2.45) is 10.4 Å². The Morgan fingerprint density at radius 3 is 2.84 bits per heavy atom. The first-order chi connectivity index (χ1) is 9.30. The third-order valence-corrected chi connectivity index (χ3v) is 6.52. The first kappa shape index (κ1) is 13.4. The average molecular weight is 295 g/mol. The summed E-state index contributed by atoms with van der Waals surface area (Å²) in [6.45, 7) is 4.02. The third-order valence-electron chi connectivity index (χ3n) is 4.08. The minimum Gasteiger partial charge on any atom is -0.358 e. The second-order valence-corrected chi connectivity index (χ2v) is 7.71. The van der Waals surface area contributed by atoms with Gasteiger partial charge in [0.05, 0.1) is 6.54 Å². The number of hydrogen-bond acceptors (Lipinski definition) is 5. The highest BCUT2D eigenvalue weighted by Gasteiger charge is 2.36. The van der Waals surface area contributed by atoms with Gasteiger partial charge in [0.2, 0.25) is 0 Å². The van der Waals surface area contributed by atoms with Crippen molar-refractivity contribution in [1.82, 2.24) is 10.3 Å². The van der Waals surface area contributed by atoms with Crippen LogP contribution in [0.3, 0.4) is 0 Å². The summed E-state index contributed by atoms with van der Waals surface area (Å²) in [7, 11) is 0. The Morgan fingerprint density at radius 2 is 2.21 bits per heavy atom. The fourth-order valence-corrected chi connectivity index (χ4v) is 4.79. The van der Waals surface area contributed by atoms with E-state index in [9.17, 15) is 0 Å². The molecule has 0 atom stereocenters. The molecule has 0 bridgehead atoms. The number of rotatable bonds is 3. The van der Waals surface area contributed by atoms with Crippen LogP contribution in [0.15, 0.2) is 11.2 Å². The summed E-state index contributed by atoms with van der Waals surface area (Å²) in [4.78, 5) is 10.5. The van der Waals surface area contributed by atoms with E-state index in [4.69, 9.17) is 4.99 Å². The van der Waals surface area contributed by atoms with E-state index in [1.54, 1.807) is 11.3 Å². The zero-order valence-corrected chi connectivity index (χ0v) is 13.1. The van der Waals surface area contributed by atoms with Crippen LogP contribution in [0.2, 0.25) is 0 Å². The van der Waals surface area contributed by atoms with E-state index in [0.29, 0.717) is 5.41 Å². The normalized spacial score (nSPS) is 21.6. The van der Waals surface area contributed by atoms with E-state index in [2.05, 4.69) is 17.2 Å². The topological polar surface area (TPSA) is 37.3 Å². The molecule has 1 aliphatic carbocycles. The van der Waals surface area contributed by atoms with Crippen LogP contribution in [0, 0.1) is 5.41 Å². The number of thioether (sulfide) groups is 1. The summed E-state index contributed by atoms with van der Waals surface area (Å²) >= 11 is 3.71. The molecular weight excluding hydrogens is 274 g/mol. The van der Waals surface area contributed by atoms with E-state index >= 15 is 0 Å². The van der Waals surface area contributed by atoms with Crippen LogP contribution in [-0.2, 0) is 13.0 Å². The zero-order chi connectivity index (χ0) is 13.1. The van der Waals surface area contributed by atoms with Crippen molar-refractivity contribution in [2.75, 3.05) is 12.3 Å². The van der Waals surface area contributed by atoms with Crippen molar-refractivity contribution in [3.63, 3.8) is 0 Å². The predicted molar refractivity (Wildman–Crippen MR) is 84.0 cm³/mol. The number of nitrogens with one attached hydrogen (secondary N) is 1. The molecule has 1 aliphatic heterocycles. The van der Waals surface area contributed by atoms with Gasteiger partial charge >= 0.3 is 0 Å². The largest absolute Gasteiger partial charge is 0.358 e. The van der Waals surface area contributed by atoms with E-state index in [-0.39, 0.29) is 0 Å². The molecule has 19 heavy (non-hydrogen) atoms. The SMILES string of the molecule is CCc1cnc(CNC2=NCC3(CCCC3)CS2)s1. The van der Waals surface area contributed by atoms with Crippen LogP contribution in [0.4, 0.5) is 0 Å². The van der Waals surface area contributed by atoms with Gasteiger partial charge in [-0.2, -0.15) is 0 Å². The van der Waals surface area contributed by atoms with Crippen LogP contribution in [0.5, 0.6) is 0 Å². The molecule has 1 aromatic rings. The predicted octanol–water partition coefficient (Wildman–Crippen LogP) is 3.46. The Bertz CT molecular complexity index is 461. The van der Waals surface area contributed by atoms with Gasteiger partial charge in [-0.1, -0.05) is 31.5 Å². The second-order valence-electron chi connectivity index (χ2n) is 5.54. The molecule has 0 radical (unpaired) electrons. The molecule has 0 saturated heterocycles. The maximum Gasteiger partial charge on any atom is 0.156 e. The minimum atomic E-state index is 0.534. The van der Waals surface area contributed by atoms with E-state index in [0.717, 1.165) is 24.7 Å². The third kappa shape index (κ3) is 3.14. The van der Waals surface area contributed by atoms with Crippen molar-refractivity contribution in [3.8, 4) is 0 Å². The molecule has 2 aliphatic rings. The highest BCUT2D eigenvalue weighted by atomic mass is 32.2. The van der Waals surface area contributed by atoms with Gasteiger partial charge in [0.25, 0.3) is 0 Å². The van der Waals surface area contributed by atoms with Crippen molar-refractivity contribution >= 4 is 28.3 Å². The van der Waals surface area contributed by atoms with Crippen LogP contribution >= 0.6 is 23.1 Å². The Hall–Kier alpha value is -0.550. The van der Waals surface area contributed by atoms with Crippen LogP contribution in [0.25, 0.3) is 0 Å². The molecule has 0 amide bonds. The molecule has 5 heteroatoms. The number of aryl methyl sites for hydroxylation is 1. The van der Waals surface area contributed by atoms with Gasteiger partial charge in [-0.25, -0.2) is 4.98 Å². The zero-order valence-electron chi connectivity index (χ0n) is 11.4. The summed E-state index contributed by atoms with van der Waals surface area (Å²) in [6.07, 6.45) is 8.63. The molecule has 3 rings (SSSR count). The molecule has 1 aromatic heterocycles. The molecule has 3 nitrogen and oxygen atoms in total. The molecule has 0 aromatic carbocycles. The summed E-state index contributed by atoms with van der Waals surface area (Å²) in [5.41, 5.74) is 0.534. The van der Waals surface area contributed by atoms with Gasteiger partial charge in [0.1, 0.15) is 5.01 Å². The van der Waals surface area contributed by atoms with Crippen molar-refractivity contribution in [1.29, 1.82) is 0 Å². The minimum absolute atomic E-state index is 0.534. The maximum absolute atomic E-state index is 4.75. The summed E-state index contributed by atoms with van der Waals surface area (Å²) < 4.78 is 0. The molecule has 0 unspecified atom stereocenters. The highest BCUT2D eigenvalue weighted by Crippen LogP contribution is 2.43. The monoisotopic (exact) mass is 295 g/mol. The number of thiazole rings is 1. The van der Waals surface area contributed by atoms with Gasteiger partial charge in [-0.15, -0.1) is 11.3 Å². The average Bonchev–Trinajstić information content (AvgIpc) is 3.08. The first-order valence-corrected chi connectivity index (χ1v) is 8.95. The maximum atomic E-state index is 4.75. The number of amidine groups is 1. The molecular formula is C14H21N3S2. The molecule has 1 fully saturated rings. The smallest absolute Gasteiger partial charge is 0.156 e. The van der Waals surface area contributed by atoms with Crippen LogP contribution in [-0.4, -0.2) is 22.4 Å². The lowest BCUT2D eigenvalue weighted by Gasteiger charge is -2.30. The highest BCUT2D eigenvalue weighted by molar-refractivity contribution is 8.13. The molecule has 1 saturated carbocycles. The molecule has 1 N–H and O–H groups in total. The Morgan fingerprint density at radius 1 is 1.37 bits per heavy atom. The van der Waals surface area contributed by atoms with E-state index < -0.39 is 0 Å². The van der Waals surface area contributed by atoms with Crippen molar-refractivity contribution in [2.45, 2.75) is 45.6 Å². The lowest BCUT2D eigenvalue weighted by atomic mass is 9.89. The molecule has 1 spiro atoms. The van der Waals surface area contributed by atoms with Crippen molar-refractivity contribution in [3.05, 3.63) is 16.1 Å². The Kier molecular flexibility index (Phi) is 4.12. The second kappa shape index (κ2) is 5.83. The van der Waals surface area contributed by atoms with Crippen LogP contribution < -0.4 is 5.32 Å². The number of nitrogens with zero attached hydrogens (tertiary/aromatic N) is 2. The fourth-order valence-electron chi connectivity index (χ4n) is 2.83. The van der Waals surface area contributed by atoms with E-state index in [1.165, 1.54) is 41.3 Å². The number of aliphatic imine (C=N–C) groups is 1. The lowest BCUT2D eigenvalue weighted by molar-refractivity contribution is 0.358. The summed E-state index contributed by atoms with van der Waals surface area (Å²) in [5, 5.41) is 5.73. The Balaban J connectivity index is 1.52. The van der Waals surface area contributed by atoms with E-state index in [1.807, 2.05) is 18.0 Å². The van der Waals surface area contributed by atoms with Gasteiger partial charge in [-0.3, -0.25) is 4.99 Å². The molecule has 2 heterocycles. The molecule has 104 valence electrons. The quantitative estimate of drug-likeness (QED) is 0.928. The Labute approximate surface area is 123 Å². The summed E-state index contributed by atoms with van der Waals surface area (Å²) in [6, 6.07) is 0. The van der Waals surface area contributed by atoms with Gasteiger partial charge in [-0.05, 0) is 24.7 Å². The van der Waals surface area contributed by atoms with Gasteiger partial charge in [0, 0.05) is 23.4 Å². The first-order valence-electron chi connectivity index (χ1n) is 7.14. The van der Waals surface area contributed by atoms with Crippen molar-refractivity contribution < 1.29 is 0 Å². The van der Waals surface area contributed by atoms with Gasteiger partial charge in [0.15, 0.2) is 5.17 Å². The summed E-state index contributed by atoms with van der Waals surface area (Å²) in [5.74, 6) is 1.25. The number of hydrogen-bond donors (Lipinski definition) is 1.